The van der Waals surface area contributed by atoms with Gasteiger partial charge in [-0.3, -0.25) is 4.79 Å². The van der Waals surface area contributed by atoms with E-state index in [4.69, 9.17) is 13.9 Å². The van der Waals surface area contributed by atoms with Crippen molar-refractivity contribution in [2.45, 2.75) is 20.0 Å². The maximum Gasteiger partial charge on any atom is 0.336 e. The molecule has 0 bridgehead atoms. The first-order valence-corrected chi connectivity index (χ1v) is 8.30. The quantitative estimate of drug-likeness (QED) is 0.685. The van der Waals surface area contributed by atoms with Crippen LogP contribution in [0.2, 0.25) is 0 Å². The third kappa shape index (κ3) is 4.03. The monoisotopic (exact) mass is 353 g/mol. The van der Waals surface area contributed by atoms with Crippen molar-refractivity contribution in [1.29, 1.82) is 0 Å². The van der Waals surface area contributed by atoms with Gasteiger partial charge in [0, 0.05) is 17.5 Å². The maximum atomic E-state index is 12.4. The number of amides is 1. The minimum atomic E-state index is -0.752. The van der Waals surface area contributed by atoms with Crippen LogP contribution in [-0.4, -0.2) is 18.6 Å². The third-order valence-electron chi connectivity index (χ3n) is 3.72. The highest BCUT2D eigenvalue weighted by atomic mass is 16.5. The standard InChI is InChI=1S/C20H19NO5/c1-3-24-17-7-5-4-6-16(17)21-20(23)13(2)25-15-10-8-14-9-11-19(22)26-18(14)12-15/h4-13H,3H2,1-2H3,(H,21,23)/t13-/m1/s1. The Balaban J connectivity index is 1.72. The zero-order chi connectivity index (χ0) is 18.5. The lowest BCUT2D eigenvalue weighted by molar-refractivity contribution is -0.122. The molecule has 0 spiro atoms. The summed E-state index contributed by atoms with van der Waals surface area (Å²) in [4.78, 5) is 23.8. The fourth-order valence-corrected chi connectivity index (χ4v) is 2.46. The summed E-state index contributed by atoms with van der Waals surface area (Å²) in [6, 6.07) is 15.3. The van der Waals surface area contributed by atoms with Gasteiger partial charge in [0.1, 0.15) is 17.1 Å². The van der Waals surface area contributed by atoms with Crippen molar-refractivity contribution < 1.29 is 18.7 Å². The van der Waals surface area contributed by atoms with E-state index in [0.29, 0.717) is 29.4 Å². The van der Waals surface area contributed by atoms with Crippen LogP contribution in [0.5, 0.6) is 11.5 Å². The predicted octanol–water partition coefficient (Wildman–Crippen LogP) is 3.60. The van der Waals surface area contributed by atoms with E-state index in [2.05, 4.69) is 5.32 Å². The Bertz CT molecular complexity index is 979. The van der Waals surface area contributed by atoms with Crippen molar-refractivity contribution in [1.82, 2.24) is 0 Å². The van der Waals surface area contributed by atoms with E-state index in [9.17, 15) is 9.59 Å². The Kier molecular flexibility index (Phi) is 5.22. The van der Waals surface area contributed by atoms with E-state index in [1.54, 1.807) is 43.3 Å². The number of anilines is 1. The molecule has 1 heterocycles. The normalized spacial score (nSPS) is 11.8. The molecule has 1 atom stereocenters. The van der Waals surface area contributed by atoms with Gasteiger partial charge >= 0.3 is 5.63 Å². The van der Waals surface area contributed by atoms with Crippen LogP contribution in [0.3, 0.4) is 0 Å². The second-order valence-electron chi connectivity index (χ2n) is 5.63. The van der Waals surface area contributed by atoms with Crippen molar-refractivity contribution in [3.8, 4) is 11.5 Å². The number of hydrogen-bond acceptors (Lipinski definition) is 5. The first-order valence-electron chi connectivity index (χ1n) is 8.30. The van der Waals surface area contributed by atoms with Crippen molar-refractivity contribution in [3.05, 3.63) is 65.0 Å². The van der Waals surface area contributed by atoms with E-state index < -0.39 is 11.7 Å². The minimum absolute atomic E-state index is 0.313. The molecule has 0 fully saturated rings. The van der Waals surface area contributed by atoms with Crippen molar-refractivity contribution in [3.63, 3.8) is 0 Å². The number of nitrogens with one attached hydrogen (secondary N) is 1. The highest BCUT2D eigenvalue weighted by molar-refractivity contribution is 5.95. The second-order valence-corrected chi connectivity index (χ2v) is 5.63. The highest BCUT2D eigenvalue weighted by Gasteiger charge is 2.17. The first-order chi connectivity index (χ1) is 12.6. The number of ether oxygens (including phenoxy) is 2. The number of hydrogen-bond donors (Lipinski definition) is 1. The number of para-hydroxylation sites is 2. The van der Waals surface area contributed by atoms with Gasteiger partial charge in [0.15, 0.2) is 6.10 Å². The SMILES string of the molecule is CCOc1ccccc1NC(=O)[C@@H](C)Oc1ccc2ccc(=O)oc2c1. The molecular weight excluding hydrogens is 334 g/mol. The molecule has 3 aromatic rings. The number of fused-ring (bicyclic) bond motifs is 1. The number of carbonyl (C=O) groups is 1. The molecule has 0 aliphatic carbocycles. The molecule has 134 valence electrons. The number of rotatable bonds is 6. The zero-order valence-corrected chi connectivity index (χ0v) is 14.5. The summed E-state index contributed by atoms with van der Waals surface area (Å²) in [7, 11) is 0. The van der Waals surface area contributed by atoms with E-state index in [0.717, 1.165) is 5.39 Å². The Morgan fingerprint density at radius 2 is 1.92 bits per heavy atom. The predicted molar refractivity (Wildman–Crippen MR) is 98.8 cm³/mol. The van der Waals surface area contributed by atoms with Gasteiger partial charge in [-0.2, -0.15) is 0 Å². The Labute approximate surface area is 150 Å². The summed E-state index contributed by atoms with van der Waals surface area (Å²) in [5.74, 6) is 0.724. The summed E-state index contributed by atoms with van der Waals surface area (Å²) in [6.45, 7) is 4.02. The van der Waals surface area contributed by atoms with Gasteiger partial charge in [0.05, 0.1) is 12.3 Å². The lowest BCUT2D eigenvalue weighted by Crippen LogP contribution is -2.30. The smallest absolute Gasteiger partial charge is 0.336 e. The summed E-state index contributed by atoms with van der Waals surface area (Å²) < 4.78 is 16.3. The molecule has 0 unspecified atom stereocenters. The Hall–Kier alpha value is -3.28. The lowest BCUT2D eigenvalue weighted by atomic mass is 10.2. The van der Waals surface area contributed by atoms with Crippen molar-refractivity contribution >= 4 is 22.6 Å². The minimum Gasteiger partial charge on any atom is -0.492 e. The average Bonchev–Trinajstić information content (AvgIpc) is 2.63. The summed E-state index contributed by atoms with van der Waals surface area (Å²) in [6.07, 6.45) is -0.752. The molecule has 6 nitrogen and oxygen atoms in total. The Morgan fingerprint density at radius 1 is 1.15 bits per heavy atom. The third-order valence-corrected chi connectivity index (χ3v) is 3.72. The fourth-order valence-electron chi connectivity index (χ4n) is 2.46. The van der Waals surface area contributed by atoms with E-state index >= 15 is 0 Å². The van der Waals surface area contributed by atoms with Crippen LogP contribution < -0.4 is 20.4 Å². The highest BCUT2D eigenvalue weighted by Crippen LogP contribution is 2.25. The molecule has 26 heavy (non-hydrogen) atoms. The van der Waals surface area contributed by atoms with Crippen molar-refractivity contribution in [2.24, 2.45) is 0 Å². The van der Waals surface area contributed by atoms with Crippen LogP contribution in [0.15, 0.2) is 63.8 Å². The maximum absolute atomic E-state index is 12.4. The summed E-state index contributed by atoms with van der Waals surface area (Å²) in [5, 5.41) is 3.58. The van der Waals surface area contributed by atoms with Crippen molar-refractivity contribution in [2.75, 3.05) is 11.9 Å². The molecule has 0 aliphatic heterocycles. The molecule has 3 rings (SSSR count). The lowest BCUT2D eigenvalue weighted by Gasteiger charge is -2.16. The molecule has 0 aliphatic rings. The largest absolute Gasteiger partial charge is 0.492 e. The fraction of sp³-hybridized carbons (Fsp3) is 0.200. The Morgan fingerprint density at radius 3 is 2.73 bits per heavy atom. The van der Waals surface area contributed by atoms with Gasteiger partial charge in [-0.15, -0.1) is 0 Å². The van der Waals surface area contributed by atoms with Gasteiger partial charge in [0.25, 0.3) is 5.91 Å². The number of carbonyl (C=O) groups excluding carboxylic acids is 1. The average molecular weight is 353 g/mol. The van der Waals surface area contributed by atoms with Crippen LogP contribution in [-0.2, 0) is 4.79 Å². The topological polar surface area (TPSA) is 77.8 Å². The zero-order valence-electron chi connectivity index (χ0n) is 14.5. The van der Waals surface area contributed by atoms with Gasteiger partial charge in [-0.05, 0) is 44.2 Å². The van der Waals surface area contributed by atoms with Gasteiger partial charge < -0.3 is 19.2 Å². The van der Waals surface area contributed by atoms with E-state index in [-0.39, 0.29) is 5.91 Å². The molecule has 1 amide bonds. The van der Waals surface area contributed by atoms with E-state index in [1.807, 2.05) is 19.1 Å². The first kappa shape index (κ1) is 17.5. The summed E-state index contributed by atoms with van der Waals surface area (Å²) in [5.41, 5.74) is 0.552. The molecule has 6 heteroatoms. The van der Waals surface area contributed by atoms with Crippen LogP contribution in [0.1, 0.15) is 13.8 Å². The molecular formula is C20H19NO5. The second kappa shape index (κ2) is 7.74. The van der Waals surface area contributed by atoms with Gasteiger partial charge in [-0.25, -0.2) is 4.79 Å². The molecule has 0 radical (unpaired) electrons. The van der Waals surface area contributed by atoms with Gasteiger partial charge in [0.2, 0.25) is 0 Å². The molecule has 1 aromatic heterocycles. The van der Waals surface area contributed by atoms with Gasteiger partial charge in [-0.1, -0.05) is 12.1 Å². The van der Waals surface area contributed by atoms with Crippen LogP contribution in [0, 0.1) is 0 Å². The van der Waals surface area contributed by atoms with Crippen LogP contribution in [0.4, 0.5) is 5.69 Å². The van der Waals surface area contributed by atoms with Crippen LogP contribution >= 0.6 is 0 Å². The molecule has 2 aromatic carbocycles. The molecule has 0 saturated carbocycles. The van der Waals surface area contributed by atoms with Crippen LogP contribution in [0.25, 0.3) is 11.0 Å². The summed E-state index contributed by atoms with van der Waals surface area (Å²) >= 11 is 0. The molecule has 0 saturated heterocycles. The molecule has 1 N–H and O–H groups in total. The van der Waals surface area contributed by atoms with E-state index in [1.165, 1.54) is 6.07 Å². The number of benzene rings is 2.